The van der Waals surface area contributed by atoms with Crippen molar-refractivity contribution in [1.29, 1.82) is 0 Å². The lowest BCUT2D eigenvalue weighted by Gasteiger charge is -2.26. The molecule has 0 radical (unpaired) electrons. The van der Waals surface area contributed by atoms with Gasteiger partial charge in [-0.25, -0.2) is 0 Å². The van der Waals surface area contributed by atoms with Crippen molar-refractivity contribution in [2.24, 2.45) is 0 Å². The Bertz CT molecular complexity index is 427. The highest BCUT2D eigenvalue weighted by atomic mass is 16.2. The molecule has 1 fully saturated rings. The highest BCUT2D eigenvalue weighted by molar-refractivity contribution is 5.93. The zero-order valence-electron chi connectivity index (χ0n) is 11.9. The van der Waals surface area contributed by atoms with Crippen molar-refractivity contribution in [2.75, 3.05) is 18.4 Å². The van der Waals surface area contributed by atoms with E-state index in [4.69, 9.17) is 0 Å². The standard InChI is InChI=1S/C15H23N3O/c1-3-12(2)17-13-7-8-16-14(11-13)15(19)18-9-5-4-6-10-18/h7-8,11-12H,3-6,9-10H2,1-2H3,(H,16,17). The van der Waals surface area contributed by atoms with Crippen LogP contribution in [0.1, 0.15) is 50.0 Å². The van der Waals surface area contributed by atoms with Crippen molar-refractivity contribution in [3.8, 4) is 0 Å². The van der Waals surface area contributed by atoms with Gasteiger partial charge in [0.2, 0.25) is 0 Å². The van der Waals surface area contributed by atoms with Gasteiger partial charge < -0.3 is 10.2 Å². The number of anilines is 1. The SMILES string of the molecule is CCC(C)Nc1ccnc(C(=O)N2CCCCC2)c1. The van der Waals surface area contributed by atoms with Crippen LogP contribution in [-0.2, 0) is 0 Å². The van der Waals surface area contributed by atoms with E-state index in [9.17, 15) is 4.79 Å². The summed E-state index contributed by atoms with van der Waals surface area (Å²) in [7, 11) is 0. The van der Waals surface area contributed by atoms with E-state index in [1.54, 1.807) is 6.20 Å². The molecule has 19 heavy (non-hydrogen) atoms. The molecule has 0 spiro atoms. The fraction of sp³-hybridized carbons (Fsp3) is 0.600. The summed E-state index contributed by atoms with van der Waals surface area (Å²) in [4.78, 5) is 18.5. The number of carbonyl (C=O) groups is 1. The van der Waals surface area contributed by atoms with Gasteiger partial charge in [0, 0.05) is 31.0 Å². The number of nitrogens with one attached hydrogen (secondary N) is 1. The molecule has 1 aromatic rings. The van der Waals surface area contributed by atoms with Crippen LogP contribution in [0, 0.1) is 0 Å². The summed E-state index contributed by atoms with van der Waals surface area (Å²) in [5, 5.41) is 3.38. The molecule has 4 heteroatoms. The molecule has 1 unspecified atom stereocenters. The summed E-state index contributed by atoms with van der Waals surface area (Å²) in [5.74, 6) is 0.0625. The Kier molecular flexibility index (Phi) is 4.77. The summed E-state index contributed by atoms with van der Waals surface area (Å²) in [5.41, 5.74) is 1.53. The minimum absolute atomic E-state index is 0.0625. The molecule has 1 aliphatic rings. The van der Waals surface area contributed by atoms with E-state index in [2.05, 4.69) is 24.1 Å². The van der Waals surface area contributed by atoms with E-state index in [0.29, 0.717) is 11.7 Å². The number of hydrogen-bond donors (Lipinski definition) is 1. The number of amides is 1. The van der Waals surface area contributed by atoms with Gasteiger partial charge in [-0.1, -0.05) is 6.92 Å². The van der Waals surface area contributed by atoms with Gasteiger partial charge >= 0.3 is 0 Å². The van der Waals surface area contributed by atoms with Crippen LogP contribution in [0.4, 0.5) is 5.69 Å². The Morgan fingerprint density at radius 3 is 2.84 bits per heavy atom. The first-order valence-corrected chi connectivity index (χ1v) is 7.22. The van der Waals surface area contributed by atoms with Gasteiger partial charge in [0.05, 0.1) is 0 Å². The van der Waals surface area contributed by atoms with E-state index < -0.39 is 0 Å². The molecule has 1 amide bonds. The fourth-order valence-electron chi connectivity index (χ4n) is 2.28. The maximum Gasteiger partial charge on any atom is 0.272 e. The molecule has 1 N–H and O–H groups in total. The summed E-state index contributed by atoms with van der Waals surface area (Å²) in [6.45, 7) is 6.00. The summed E-state index contributed by atoms with van der Waals surface area (Å²) < 4.78 is 0. The summed E-state index contributed by atoms with van der Waals surface area (Å²) >= 11 is 0. The average molecular weight is 261 g/mol. The van der Waals surface area contributed by atoms with Crippen LogP contribution in [0.3, 0.4) is 0 Å². The maximum absolute atomic E-state index is 12.3. The van der Waals surface area contributed by atoms with E-state index in [1.807, 2.05) is 17.0 Å². The summed E-state index contributed by atoms with van der Waals surface area (Å²) in [6.07, 6.45) is 6.21. The molecule has 104 valence electrons. The number of pyridine rings is 1. The minimum Gasteiger partial charge on any atom is -0.382 e. The molecule has 0 aliphatic carbocycles. The normalized spacial score (nSPS) is 17.1. The van der Waals surface area contributed by atoms with Gasteiger partial charge in [0.25, 0.3) is 5.91 Å². The molecule has 1 aromatic heterocycles. The Morgan fingerprint density at radius 2 is 2.16 bits per heavy atom. The second-order valence-corrected chi connectivity index (χ2v) is 5.24. The quantitative estimate of drug-likeness (QED) is 0.906. The molecule has 1 saturated heterocycles. The average Bonchev–Trinajstić information content (AvgIpc) is 2.47. The smallest absolute Gasteiger partial charge is 0.272 e. The maximum atomic E-state index is 12.3. The Hall–Kier alpha value is -1.58. The topological polar surface area (TPSA) is 45.2 Å². The number of carbonyl (C=O) groups excluding carboxylic acids is 1. The number of aromatic nitrogens is 1. The number of hydrogen-bond acceptors (Lipinski definition) is 3. The lowest BCUT2D eigenvalue weighted by Crippen LogP contribution is -2.36. The van der Waals surface area contributed by atoms with E-state index in [1.165, 1.54) is 6.42 Å². The van der Waals surface area contributed by atoms with E-state index >= 15 is 0 Å². The number of nitrogens with zero attached hydrogens (tertiary/aromatic N) is 2. The first-order valence-electron chi connectivity index (χ1n) is 7.22. The van der Waals surface area contributed by atoms with Crippen LogP contribution in [0.5, 0.6) is 0 Å². The molecule has 0 aromatic carbocycles. The number of rotatable bonds is 4. The predicted octanol–water partition coefficient (Wildman–Crippen LogP) is 2.92. The highest BCUT2D eigenvalue weighted by Crippen LogP contribution is 2.15. The third-order valence-corrected chi connectivity index (χ3v) is 3.65. The Balaban J connectivity index is 2.06. The van der Waals surface area contributed by atoms with Crippen LogP contribution >= 0.6 is 0 Å². The predicted molar refractivity (Wildman–Crippen MR) is 77.4 cm³/mol. The van der Waals surface area contributed by atoms with Crippen molar-refractivity contribution in [3.63, 3.8) is 0 Å². The minimum atomic E-state index is 0.0625. The molecule has 2 rings (SSSR count). The third-order valence-electron chi connectivity index (χ3n) is 3.65. The van der Waals surface area contributed by atoms with Crippen LogP contribution in [0.25, 0.3) is 0 Å². The molecule has 0 bridgehead atoms. The van der Waals surface area contributed by atoms with E-state index in [-0.39, 0.29) is 5.91 Å². The van der Waals surface area contributed by atoms with E-state index in [0.717, 1.165) is 38.0 Å². The number of likely N-dealkylation sites (tertiary alicyclic amines) is 1. The van der Waals surface area contributed by atoms with Crippen LogP contribution in [-0.4, -0.2) is 34.9 Å². The van der Waals surface area contributed by atoms with Gasteiger partial charge in [0.1, 0.15) is 5.69 Å². The van der Waals surface area contributed by atoms with Gasteiger partial charge in [-0.15, -0.1) is 0 Å². The second-order valence-electron chi connectivity index (χ2n) is 5.24. The second kappa shape index (κ2) is 6.55. The molecular weight excluding hydrogens is 238 g/mol. The number of piperidine rings is 1. The highest BCUT2D eigenvalue weighted by Gasteiger charge is 2.19. The zero-order chi connectivity index (χ0) is 13.7. The lowest BCUT2D eigenvalue weighted by atomic mass is 10.1. The molecule has 1 aliphatic heterocycles. The third kappa shape index (κ3) is 3.69. The van der Waals surface area contributed by atoms with Crippen molar-refractivity contribution in [3.05, 3.63) is 24.0 Å². The molecule has 2 heterocycles. The van der Waals surface area contributed by atoms with Gasteiger partial charge in [0.15, 0.2) is 0 Å². The molecule has 0 saturated carbocycles. The van der Waals surface area contributed by atoms with Crippen molar-refractivity contribution >= 4 is 11.6 Å². The zero-order valence-corrected chi connectivity index (χ0v) is 11.9. The molecule has 1 atom stereocenters. The summed E-state index contributed by atoms with van der Waals surface area (Å²) in [6, 6.07) is 4.18. The van der Waals surface area contributed by atoms with Crippen molar-refractivity contribution in [1.82, 2.24) is 9.88 Å². The first kappa shape index (κ1) is 13.8. The van der Waals surface area contributed by atoms with Gasteiger partial charge in [-0.2, -0.15) is 0 Å². The molecular formula is C15H23N3O. The van der Waals surface area contributed by atoms with Gasteiger partial charge in [-0.3, -0.25) is 9.78 Å². The molecule has 4 nitrogen and oxygen atoms in total. The van der Waals surface area contributed by atoms with Crippen molar-refractivity contribution in [2.45, 2.75) is 45.6 Å². The van der Waals surface area contributed by atoms with Gasteiger partial charge in [-0.05, 0) is 44.7 Å². The monoisotopic (exact) mass is 261 g/mol. The lowest BCUT2D eigenvalue weighted by molar-refractivity contribution is 0.0718. The Labute approximate surface area is 115 Å². The van der Waals surface area contributed by atoms with Crippen molar-refractivity contribution < 1.29 is 4.79 Å². The largest absolute Gasteiger partial charge is 0.382 e. The van der Waals surface area contributed by atoms with Crippen LogP contribution in [0.15, 0.2) is 18.3 Å². The van der Waals surface area contributed by atoms with Crippen LogP contribution < -0.4 is 5.32 Å². The van der Waals surface area contributed by atoms with Crippen LogP contribution in [0.2, 0.25) is 0 Å². The fourth-order valence-corrected chi connectivity index (χ4v) is 2.28. The first-order chi connectivity index (χ1) is 9.20. The Morgan fingerprint density at radius 1 is 1.42 bits per heavy atom.